The lowest BCUT2D eigenvalue weighted by molar-refractivity contribution is -0.140. The van der Waals surface area contributed by atoms with Gasteiger partial charge in [0.1, 0.15) is 0 Å². The highest BCUT2D eigenvalue weighted by Crippen LogP contribution is 2.22. The first kappa shape index (κ1) is 21.7. The third-order valence-electron chi connectivity index (χ3n) is 4.87. The van der Waals surface area contributed by atoms with Gasteiger partial charge in [0.2, 0.25) is 0 Å². The fourth-order valence-electron chi connectivity index (χ4n) is 3.45. The van der Waals surface area contributed by atoms with Gasteiger partial charge in [-0.15, -0.1) is 0 Å². The summed E-state index contributed by atoms with van der Waals surface area (Å²) in [5.41, 5.74) is 1.24. The smallest absolute Gasteiger partial charge is 0.338 e. The molecular weight excluding hydrogens is 358 g/mol. The molecular formula is C21H31N3O4. The Balaban J connectivity index is 1.82. The van der Waals surface area contributed by atoms with Crippen molar-refractivity contribution in [3.8, 4) is 0 Å². The van der Waals surface area contributed by atoms with Crippen LogP contribution in [0.15, 0.2) is 24.3 Å². The number of benzene rings is 1. The lowest BCUT2D eigenvalue weighted by atomic mass is 9.97. The number of rotatable bonds is 6. The van der Waals surface area contributed by atoms with Crippen LogP contribution in [0.2, 0.25) is 0 Å². The molecule has 1 heterocycles. The molecule has 0 bridgehead atoms. The molecule has 7 heteroatoms. The minimum Gasteiger partial charge on any atom is -0.452 e. The molecule has 7 nitrogen and oxygen atoms in total. The minimum absolute atomic E-state index is 0.0655. The molecule has 1 aromatic rings. The predicted molar refractivity (Wildman–Crippen MR) is 107 cm³/mol. The number of esters is 1. The van der Waals surface area contributed by atoms with Crippen molar-refractivity contribution in [1.82, 2.24) is 15.5 Å². The monoisotopic (exact) mass is 389 g/mol. The molecule has 0 spiro atoms. The van der Waals surface area contributed by atoms with Crippen LogP contribution in [0.4, 0.5) is 4.79 Å². The highest BCUT2D eigenvalue weighted by molar-refractivity contribution is 5.91. The molecule has 1 aromatic carbocycles. The number of likely N-dealkylation sites (tertiary alicyclic amines) is 1. The van der Waals surface area contributed by atoms with E-state index in [2.05, 4.69) is 10.6 Å². The van der Waals surface area contributed by atoms with Crippen LogP contribution in [0.1, 0.15) is 62.9 Å². The molecule has 0 radical (unpaired) electrons. The number of carbonyl (C=O) groups is 3. The van der Waals surface area contributed by atoms with Crippen LogP contribution in [0.5, 0.6) is 0 Å². The van der Waals surface area contributed by atoms with E-state index in [1.165, 1.54) is 0 Å². The number of hydrogen-bond donors (Lipinski definition) is 2. The number of nitrogens with one attached hydrogen (secondary N) is 2. The van der Waals surface area contributed by atoms with Crippen molar-refractivity contribution in [3.05, 3.63) is 35.4 Å². The van der Waals surface area contributed by atoms with Gasteiger partial charge in [0.25, 0.3) is 5.91 Å². The zero-order chi connectivity index (χ0) is 20.7. The summed E-state index contributed by atoms with van der Waals surface area (Å²) in [6, 6.07) is 6.96. The second kappa shape index (κ2) is 10.1. The molecule has 2 N–H and O–H groups in total. The van der Waals surface area contributed by atoms with Gasteiger partial charge in [-0.25, -0.2) is 9.59 Å². The van der Waals surface area contributed by atoms with Crippen molar-refractivity contribution in [2.45, 2.75) is 71.6 Å². The van der Waals surface area contributed by atoms with Crippen LogP contribution in [-0.4, -0.2) is 47.5 Å². The van der Waals surface area contributed by atoms with E-state index in [9.17, 15) is 14.4 Å². The third kappa shape index (κ3) is 6.25. The SMILES string of the molecule is CC(C)NC(=O)NCc1ccc(C(=O)OCC(=O)N2[C@H](C)CCC[C@@H]2C)cc1. The van der Waals surface area contributed by atoms with Gasteiger partial charge in [-0.3, -0.25) is 4.79 Å². The molecule has 28 heavy (non-hydrogen) atoms. The van der Waals surface area contributed by atoms with Crippen LogP contribution >= 0.6 is 0 Å². The van der Waals surface area contributed by atoms with Crippen molar-refractivity contribution in [1.29, 1.82) is 0 Å². The van der Waals surface area contributed by atoms with E-state index < -0.39 is 5.97 Å². The number of piperidine rings is 1. The van der Waals surface area contributed by atoms with Gasteiger partial charge in [-0.1, -0.05) is 12.1 Å². The Hall–Kier alpha value is -2.57. The largest absolute Gasteiger partial charge is 0.452 e. The molecule has 1 aliphatic rings. The standard InChI is InChI=1S/C21H31N3O4/c1-14(2)23-21(27)22-12-17-8-10-18(11-9-17)20(26)28-13-19(25)24-15(3)6-5-7-16(24)4/h8-11,14-16H,5-7,12-13H2,1-4H3,(H2,22,23,27)/t15-,16+. The van der Waals surface area contributed by atoms with E-state index in [0.29, 0.717) is 12.1 Å². The summed E-state index contributed by atoms with van der Waals surface area (Å²) in [4.78, 5) is 38.1. The predicted octanol–water partition coefficient (Wildman–Crippen LogP) is 2.84. The topological polar surface area (TPSA) is 87.7 Å². The van der Waals surface area contributed by atoms with Crippen molar-refractivity contribution in [2.75, 3.05) is 6.61 Å². The summed E-state index contributed by atoms with van der Waals surface area (Å²) in [6.07, 6.45) is 3.08. The Morgan fingerprint density at radius 1 is 1.11 bits per heavy atom. The molecule has 0 saturated carbocycles. The van der Waals surface area contributed by atoms with E-state index in [0.717, 1.165) is 24.8 Å². The molecule has 3 amide bonds. The van der Waals surface area contributed by atoms with Crippen molar-refractivity contribution < 1.29 is 19.1 Å². The molecule has 1 fully saturated rings. The maximum Gasteiger partial charge on any atom is 0.338 e. The fourth-order valence-corrected chi connectivity index (χ4v) is 3.45. The number of urea groups is 1. The van der Waals surface area contributed by atoms with Crippen LogP contribution in [0.25, 0.3) is 0 Å². The van der Waals surface area contributed by atoms with E-state index in [-0.39, 0.29) is 36.7 Å². The molecule has 0 aromatic heterocycles. The molecule has 0 unspecified atom stereocenters. The number of nitrogens with zero attached hydrogens (tertiary/aromatic N) is 1. The number of amides is 3. The summed E-state index contributed by atoms with van der Waals surface area (Å²) >= 11 is 0. The van der Waals surface area contributed by atoms with Gasteiger partial charge in [-0.05, 0) is 64.7 Å². The lowest BCUT2D eigenvalue weighted by Crippen LogP contribution is -2.49. The van der Waals surface area contributed by atoms with Gasteiger partial charge in [-0.2, -0.15) is 0 Å². The summed E-state index contributed by atoms with van der Waals surface area (Å²) in [7, 11) is 0. The highest BCUT2D eigenvalue weighted by Gasteiger charge is 2.29. The minimum atomic E-state index is -0.525. The van der Waals surface area contributed by atoms with E-state index >= 15 is 0 Å². The van der Waals surface area contributed by atoms with E-state index in [4.69, 9.17) is 4.74 Å². The quantitative estimate of drug-likeness (QED) is 0.733. The van der Waals surface area contributed by atoms with Crippen molar-refractivity contribution in [2.24, 2.45) is 0 Å². The Morgan fingerprint density at radius 3 is 2.29 bits per heavy atom. The Labute approximate surface area is 166 Å². The molecule has 2 atom stereocenters. The second-order valence-corrected chi connectivity index (χ2v) is 7.68. The summed E-state index contributed by atoms with van der Waals surface area (Å²) in [5, 5.41) is 5.49. The summed E-state index contributed by atoms with van der Waals surface area (Å²) in [6.45, 7) is 7.95. The van der Waals surface area contributed by atoms with Crippen LogP contribution < -0.4 is 10.6 Å². The summed E-state index contributed by atoms with van der Waals surface area (Å²) < 4.78 is 5.21. The molecule has 2 rings (SSSR count). The normalized spacial score (nSPS) is 19.2. The van der Waals surface area contributed by atoms with Gasteiger partial charge >= 0.3 is 12.0 Å². The van der Waals surface area contributed by atoms with Gasteiger partial charge in [0, 0.05) is 24.7 Å². The van der Waals surface area contributed by atoms with Crippen molar-refractivity contribution in [3.63, 3.8) is 0 Å². The number of carbonyl (C=O) groups excluding carboxylic acids is 3. The second-order valence-electron chi connectivity index (χ2n) is 7.68. The average Bonchev–Trinajstić information content (AvgIpc) is 2.64. The fraction of sp³-hybridized carbons (Fsp3) is 0.571. The Morgan fingerprint density at radius 2 is 1.71 bits per heavy atom. The first-order chi connectivity index (χ1) is 13.3. The van der Waals surface area contributed by atoms with Crippen LogP contribution in [0, 0.1) is 0 Å². The first-order valence-electron chi connectivity index (χ1n) is 9.89. The van der Waals surface area contributed by atoms with Crippen LogP contribution in [0.3, 0.4) is 0 Å². The molecule has 0 aliphatic carbocycles. The lowest BCUT2D eigenvalue weighted by Gasteiger charge is -2.38. The zero-order valence-corrected chi connectivity index (χ0v) is 17.2. The van der Waals surface area contributed by atoms with Gasteiger partial charge < -0.3 is 20.3 Å². The van der Waals surface area contributed by atoms with Crippen molar-refractivity contribution >= 4 is 17.9 Å². The Kier molecular flexibility index (Phi) is 7.84. The molecule has 1 saturated heterocycles. The van der Waals surface area contributed by atoms with Gasteiger partial charge in [0.15, 0.2) is 6.61 Å². The molecule has 154 valence electrons. The van der Waals surface area contributed by atoms with E-state index in [1.807, 2.05) is 32.6 Å². The first-order valence-corrected chi connectivity index (χ1v) is 9.89. The number of hydrogen-bond acceptors (Lipinski definition) is 4. The van der Waals surface area contributed by atoms with Crippen LogP contribution in [-0.2, 0) is 16.1 Å². The third-order valence-corrected chi connectivity index (χ3v) is 4.87. The average molecular weight is 389 g/mol. The maximum atomic E-state index is 12.4. The molecule has 1 aliphatic heterocycles. The maximum absolute atomic E-state index is 12.4. The van der Waals surface area contributed by atoms with E-state index in [1.54, 1.807) is 24.3 Å². The summed E-state index contributed by atoms with van der Waals surface area (Å²) in [5.74, 6) is -0.673. The zero-order valence-electron chi connectivity index (χ0n) is 17.2. The highest BCUT2D eigenvalue weighted by atomic mass is 16.5. The Bertz CT molecular complexity index is 677. The van der Waals surface area contributed by atoms with Gasteiger partial charge in [0.05, 0.1) is 5.56 Å². The number of ether oxygens (including phenoxy) is 1.